The highest BCUT2D eigenvalue weighted by molar-refractivity contribution is 8.13. The van der Waals surface area contributed by atoms with Gasteiger partial charge in [0.2, 0.25) is 0 Å². The van der Waals surface area contributed by atoms with Crippen molar-refractivity contribution in [2.75, 3.05) is 25.1 Å². The Bertz CT molecular complexity index is 1280. The maximum atomic E-state index is 12.7. The molecule has 0 aliphatic rings. The van der Waals surface area contributed by atoms with Gasteiger partial charge < -0.3 is 4.42 Å². The summed E-state index contributed by atoms with van der Waals surface area (Å²) >= 11 is 1.53. The zero-order valence-corrected chi connectivity index (χ0v) is 22.8. The monoisotopic (exact) mass is 505 g/mol. The minimum atomic E-state index is -3.61. The van der Waals surface area contributed by atoms with Gasteiger partial charge in [0, 0.05) is 37.0 Å². The van der Waals surface area contributed by atoms with Gasteiger partial charge in [-0.05, 0) is 42.5 Å². The molecule has 1 aromatic heterocycles. The number of hydrogen-bond acceptors (Lipinski definition) is 6. The molecule has 0 bridgehead atoms. The molecule has 0 saturated heterocycles. The molecule has 0 atom stereocenters. The molecule has 1 heterocycles. The van der Waals surface area contributed by atoms with Gasteiger partial charge in [0.05, 0.1) is 10.7 Å². The number of rotatable bonds is 6. The van der Waals surface area contributed by atoms with E-state index in [1.165, 1.54) is 18.8 Å². The summed E-state index contributed by atoms with van der Waals surface area (Å²) in [4.78, 5) is 17.0. The largest absolute Gasteiger partial charge is 0.422 e. The minimum absolute atomic E-state index is 0.327. The van der Waals surface area contributed by atoms with E-state index in [1.54, 1.807) is 25.2 Å². The molecule has 7 nitrogen and oxygen atoms in total. The Morgan fingerprint density at radius 2 is 1.76 bits per heavy atom. The first-order valence-electron chi connectivity index (χ1n) is 11.2. The minimum Gasteiger partial charge on any atom is -0.422 e. The van der Waals surface area contributed by atoms with Crippen molar-refractivity contribution in [3.63, 3.8) is 0 Å². The zero-order chi connectivity index (χ0) is 25.9. The predicted molar refractivity (Wildman–Crippen MR) is 147 cm³/mol. The highest BCUT2D eigenvalue weighted by atomic mass is 32.2. The summed E-state index contributed by atoms with van der Waals surface area (Å²) in [6.07, 6.45) is 2.27. The standard InChI is InChI=1S/C21H23N3O4S2.2C2H6/c1-13-17-9-8-15(20(22-2)29-4)12-19(17)28-21(25)18(13)11-14-6-5-7-16(10-14)24-30(26,27)23-3;2*1-2/h5-10,12,23-24H,11H2,1-4H3;2*1-2H3. The SMILES string of the molecule is CC.CC.CN=C(SC)c1ccc2c(C)c(Cc3cccc(NS(=O)(=O)NC)c3)c(=O)oc2c1. The van der Waals surface area contributed by atoms with E-state index in [0.29, 0.717) is 23.3 Å². The molecular weight excluding hydrogens is 470 g/mol. The molecule has 2 aromatic carbocycles. The van der Waals surface area contributed by atoms with Crippen LogP contribution >= 0.6 is 11.8 Å². The molecule has 0 radical (unpaired) electrons. The van der Waals surface area contributed by atoms with Crippen LogP contribution in [0.25, 0.3) is 11.0 Å². The summed E-state index contributed by atoms with van der Waals surface area (Å²) in [6.45, 7) is 9.89. The lowest BCUT2D eigenvalue weighted by Crippen LogP contribution is -2.26. The van der Waals surface area contributed by atoms with Crippen LogP contribution in [0.3, 0.4) is 0 Å². The topological polar surface area (TPSA) is 101 Å². The molecule has 0 spiro atoms. The smallest absolute Gasteiger partial charge is 0.340 e. The Morgan fingerprint density at radius 3 is 2.35 bits per heavy atom. The summed E-state index contributed by atoms with van der Waals surface area (Å²) < 4.78 is 33.7. The third-order valence-electron chi connectivity index (χ3n) is 4.76. The maximum absolute atomic E-state index is 12.7. The van der Waals surface area contributed by atoms with Crippen molar-refractivity contribution < 1.29 is 12.8 Å². The molecule has 0 aliphatic heterocycles. The normalized spacial score (nSPS) is 11.2. The molecular formula is C25H35N3O4S2. The van der Waals surface area contributed by atoms with Crippen LogP contribution in [0.1, 0.15) is 49.9 Å². The van der Waals surface area contributed by atoms with E-state index >= 15 is 0 Å². The van der Waals surface area contributed by atoms with E-state index < -0.39 is 15.8 Å². The third-order valence-corrected chi connectivity index (χ3v) is 6.61. The van der Waals surface area contributed by atoms with Crippen LogP contribution in [-0.2, 0) is 16.6 Å². The summed E-state index contributed by atoms with van der Waals surface area (Å²) in [5, 5.41) is 1.72. The average Bonchev–Trinajstić information content (AvgIpc) is 2.85. The van der Waals surface area contributed by atoms with Crippen LogP contribution in [0.4, 0.5) is 5.69 Å². The van der Waals surface area contributed by atoms with Crippen molar-refractivity contribution in [1.29, 1.82) is 0 Å². The lowest BCUT2D eigenvalue weighted by molar-refractivity contribution is 0.551. The van der Waals surface area contributed by atoms with Crippen molar-refractivity contribution >= 4 is 43.7 Å². The van der Waals surface area contributed by atoms with E-state index in [0.717, 1.165) is 27.1 Å². The lowest BCUT2D eigenvalue weighted by Gasteiger charge is -2.11. The molecule has 0 fully saturated rings. The molecule has 9 heteroatoms. The average molecular weight is 506 g/mol. The molecule has 3 aromatic rings. The third kappa shape index (κ3) is 7.44. The Kier molecular flexibility index (Phi) is 12.1. The molecule has 34 heavy (non-hydrogen) atoms. The van der Waals surface area contributed by atoms with Crippen molar-refractivity contribution in [2.24, 2.45) is 4.99 Å². The Balaban J connectivity index is 0.00000137. The number of fused-ring (bicyclic) bond motifs is 1. The number of nitrogens with zero attached hydrogens (tertiary/aromatic N) is 1. The molecule has 0 amide bonds. The highest BCUT2D eigenvalue weighted by Crippen LogP contribution is 2.24. The molecule has 0 aliphatic carbocycles. The Hall–Kier alpha value is -2.62. The van der Waals surface area contributed by atoms with E-state index in [4.69, 9.17) is 4.42 Å². The van der Waals surface area contributed by atoms with Crippen LogP contribution < -0.4 is 15.1 Å². The van der Waals surface area contributed by atoms with Gasteiger partial charge >= 0.3 is 5.63 Å². The van der Waals surface area contributed by atoms with Gasteiger partial charge in [-0.3, -0.25) is 9.71 Å². The molecule has 2 N–H and O–H groups in total. The second kappa shape index (κ2) is 13.9. The van der Waals surface area contributed by atoms with Crippen LogP contribution in [-0.4, -0.2) is 33.8 Å². The maximum Gasteiger partial charge on any atom is 0.340 e. The van der Waals surface area contributed by atoms with Gasteiger partial charge in [-0.1, -0.05) is 52.0 Å². The number of thioether (sulfide) groups is 1. The zero-order valence-electron chi connectivity index (χ0n) is 21.1. The summed E-state index contributed by atoms with van der Waals surface area (Å²) in [7, 11) is -0.558. The van der Waals surface area contributed by atoms with Gasteiger partial charge in [0.25, 0.3) is 10.2 Å². The van der Waals surface area contributed by atoms with Gasteiger partial charge in [-0.25, -0.2) is 9.52 Å². The van der Waals surface area contributed by atoms with E-state index in [1.807, 2.05) is 65.1 Å². The van der Waals surface area contributed by atoms with Gasteiger partial charge in [-0.2, -0.15) is 8.42 Å². The Morgan fingerprint density at radius 1 is 1.09 bits per heavy atom. The first kappa shape index (κ1) is 29.4. The van der Waals surface area contributed by atoms with Crippen molar-refractivity contribution in [3.8, 4) is 0 Å². The van der Waals surface area contributed by atoms with Gasteiger partial charge in [0.1, 0.15) is 5.58 Å². The van der Waals surface area contributed by atoms with Crippen molar-refractivity contribution in [2.45, 2.75) is 41.0 Å². The summed E-state index contributed by atoms with van der Waals surface area (Å²) in [6, 6.07) is 12.7. The number of aliphatic imine (C=N–C) groups is 1. The molecule has 0 saturated carbocycles. The first-order chi connectivity index (χ1) is 16.3. The summed E-state index contributed by atoms with van der Waals surface area (Å²) in [5.74, 6) is 0. The van der Waals surface area contributed by atoms with E-state index in [9.17, 15) is 13.2 Å². The van der Waals surface area contributed by atoms with E-state index in [2.05, 4.69) is 14.4 Å². The number of hydrogen-bond donors (Lipinski definition) is 2. The van der Waals surface area contributed by atoms with Gasteiger partial charge in [0.15, 0.2) is 0 Å². The first-order valence-corrected chi connectivity index (χ1v) is 13.9. The fourth-order valence-corrected chi connectivity index (χ4v) is 4.31. The number of anilines is 1. The fraction of sp³-hybridized carbons (Fsp3) is 0.360. The molecule has 3 rings (SSSR count). The van der Waals surface area contributed by atoms with Crippen LogP contribution in [0, 0.1) is 6.92 Å². The van der Waals surface area contributed by atoms with Crippen molar-refractivity contribution in [3.05, 3.63) is 75.1 Å². The quantitative estimate of drug-likeness (QED) is 0.267. The number of nitrogens with one attached hydrogen (secondary N) is 2. The second-order valence-electron chi connectivity index (χ2n) is 6.62. The van der Waals surface area contributed by atoms with E-state index in [-0.39, 0.29) is 0 Å². The number of benzene rings is 2. The Labute approximate surface area is 207 Å². The highest BCUT2D eigenvalue weighted by Gasteiger charge is 2.14. The molecule has 186 valence electrons. The van der Waals surface area contributed by atoms with Crippen LogP contribution in [0.15, 0.2) is 56.7 Å². The van der Waals surface area contributed by atoms with Crippen LogP contribution in [0.5, 0.6) is 0 Å². The lowest BCUT2D eigenvalue weighted by atomic mass is 9.99. The van der Waals surface area contributed by atoms with Crippen molar-refractivity contribution in [1.82, 2.24) is 4.72 Å². The molecule has 0 unspecified atom stereocenters. The number of aryl methyl sites for hydroxylation is 1. The predicted octanol–water partition coefficient (Wildman–Crippen LogP) is 5.36. The fourth-order valence-electron chi connectivity index (χ4n) is 3.22. The van der Waals surface area contributed by atoms with Gasteiger partial charge in [-0.15, -0.1) is 11.8 Å². The second-order valence-corrected chi connectivity index (χ2v) is 9.04. The van der Waals surface area contributed by atoms with Crippen LogP contribution in [0.2, 0.25) is 0 Å². The summed E-state index contributed by atoms with van der Waals surface area (Å²) in [5.41, 5.74) is 3.60.